The minimum absolute atomic E-state index is 0.0933. The highest BCUT2D eigenvalue weighted by Gasteiger charge is 2.15. The van der Waals surface area contributed by atoms with Crippen molar-refractivity contribution in [1.29, 1.82) is 0 Å². The topological polar surface area (TPSA) is 78.3 Å². The number of anilines is 1. The van der Waals surface area contributed by atoms with Crippen molar-refractivity contribution in [2.45, 2.75) is 20.0 Å². The zero-order valence-electron chi connectivity index (χ0n) is 8.58. The van der Waals surface area contributed by atoms with E-state index in [0.29, 0.717) is 5.69 Å². The first kappa shape index (κ1) is 11.7. The summed E-state index contributed by atoms with van der Waals surface area (Å²) in [5, 5.41) is 0.289. The number of carbonyl (C=O) groups is 1. The van der Waals surface area contributed by atoms with Crippen molar-refractivity contribution in [2.24, 2.45) is 5.73 Å². The molecule has 0 aliphatic carbocycles. The molecule has 0 unspecified atom stereocenters. The van der Waals surface area contributed by atoms with E-state index in [1.54, 1.807) is 0 Å². The van der Waals surface area contributed by atoms with Gasteiger partial charge < -0.3 is 16.2 Å². The Morgan fingerprint density at radius 2 is 2.07 bits per heavy atom. The molecule has 1 aromatic rings. The van der Waals surface area contributed by atoms with Gasteiger partial charge in [0.1, 0.15) is 0 Å². The predicted molar refractivity (Wildman–Crippen MR) is 60.1 cm³/mol. The van der Waals surface area contributed by atoms with Gasteiger partial charge in [-0.05, 0) is 26.0 Å². The van der Waals surface area contributed by atoms with Crippen LogP contribution < -0.4 is 16.2 Å². The standard InChI is InChI=1S/C10H13ClN2O2/c1-5(2)15-9-7(10(13)14)3-6(12)4-8(9)11/h3-5H,12H2,1-2H3,(H2,13,14). The maximum Gasteiger partial charge on any atom is 0.252 e. The fourth-order valence-corrected chi connectivity index (χ4v) is 1.43. The van der Waals surface area contributed by atoms with Crippen molar-refractivity contribution in [3.05, 3.63) is 22.7 Å². The Morgan fingerprint density at radius 3 is 2.53 bits per heavy atom. The summed E-state index contributed by atoms with van der Waals surface area (Å²) in [4.78, 5) is 11.1. The van der Waals surface area contributed by atoms with E-state index in [2.05, 4.69) is 0 Å². The number of rotatable bonds is 3. The second-order valence-electron chi connectivity index (χ2n) is 3.41. The normalized spacial score (nSPS) is 10.4. The highest BCUT2D eigenvalue weighted by Crippen LogP contribution is 2.32. The van der Waals surface area contributed by atoms with E-state index < -0.39 is 5.91 Å². The van der Waals surface area contributed by atoms with Crippen LogP contribution in [0.1, 0.15) is 24.2 Å². The number of amides is 1. The molecule has 0 aliphatic heterocycles. The van der Waals surface area contributed by atoms with Gasteiger partial charge >= 0.3 is 0 Å². The summed E-state index contributed by atoms with van der Waals surface area (Å²) >= 11 is 5.91. The quantitative estimate of drug-likeness (QED) is 0.775. The molecule has 5 heteroatoms. The van der Waals surface area contributed by atoms with Crippen LogP contribution in [0.25, 0.3) is 0 Å². The number of nitrogen functional groups attached to an aromatic ring is 1. The summed E-state index contributed by atoms with van der Waals surface area (Å²) in [5.74, 6) is -0.326. The third-order valence-corrected chi connectivity index (χ3v) is 1.97. The van der Waals surface area contributed by atoms with E-state index >= 15 is 0 Å². The lowest BCUT2D eigenvalue weighted by Gasteiger charge is -2.14. The molecule has 15 heavy (non-hydrogen) atoms. The number of hydrogen-bond donors (Lipinski definition) is 2. The fraction of sp³-hybridized carbons (Fsp3) is 0.300. The molecule has 0 fully saturated rings. The van der Waals surface area contributed by atoms with E-state index in [1.807, 2.05) is 13.8 Å². The molecule has 0 saturated carbocycles. The molecule has 0 radical (unpaired) electrons. The maximum absolute atomic E-state index is 11.1. The Hall–Kier alpha value is -1.42. The van der Waals surface area contributed by atoms with Crippen molar-refractivity contribution in [3.63, 3.8) is 0 Å². The molecule has 4 N–H and O–H groups in total. The molecule has 82 valence electrons. The lowest BCUT2D eigenvalue weighted by molar-refractivity contribution is 0.0994. The van der Waals surface area contributed by atoms with Gasteiger partial charge in [-0.1, -0.05) is 11.6 Å². The molecule has 0 bridgehead atoms. The average Bonchev–Trinajstić information content (AvgIpc) is 2.08. The number of halogens is 1. The third-order valence-electron chi connectivity index (χ3n) is 1.68. The van der Waals surface area contributed by atoms with Crippen LogP contribution in [0.3, 0.4) is 0 Å². The molecule has 0 aromatic heterocycles. The summed E-state index contributed by atoms with van der Waals surface area (Å²) in [6.07, 6.45) is -0.0933. The third kappa shape index (κ3) is 2.76. The number of benzene rings is 1. The van der Waals surface area contributed by atoms with Crippen LogP contribution in [0, 0.1) is 0 Å². The van der Waals surface area contributed by atoms with Crippen molar-refractivity contribution >= 4 is 23.2 Å². The summed E-state index contributed by atoms with van der Waals surface area (Å²) in [6, 6.07) is 2.97. The second kappa shape index (κ2) is 4.40. The Morgan fingerprint density at radius 1 is 1.47 bits per heavy atom. The highest BCUT2D eigenvalue weighted by atomic mass is 35.5. The van der Waals surface area contributed by atoms with Crippen LogP contribution in [-0.2, 0) is 0 Å². The minimum Gasteiger partial charge on any atom is -0.489 e. The summed E-state index contributed by atoms with van der Waals surface area (Å²) in [7, 11) is 0. The lowest BCUT2D eigenvalue weighted by atomic mass is 10.1. The van der Waals surface area contributed by atoms with E-state index in [9.17, 15) is 4.79 Å². The number of hydrogen-bond acceptors (Lipinski definition) is 3. The summed E-state index contributed by atoms with van der Waals surface area (Å²) in [6.45, 7) is 3.66. The summed E-state index contributed by atoms with van der Waals surface area (Å²) < 4.78 is 5.40. The Balaban J connectivity index is 3.27. The van der Waals surface area contributed by atoms with Crippen molar-refractivity contribution in [1.82, 2.24) is 0 Å². The van der Waals surface area contributed by atoms with Crippen LogP contribution in [-0.4, -0.2) is 12.0 Å². The molecule has 0 spiro atoms. The van der Waals surface area contributed by atoms with Gasteiger partial charge in [0.25, 0.3) is 5.91 Å². The smallest absolute Gasteiger partial charge is 0.252 e. The van der Waals surface area contributed by atoms with Crippen LogP contribution in [0.2, 0.25) is 5.02 Å². The monoisotopic (exact) mass is 228 g/mol. The van der Waals surface area contributed by atoms with Gasteiger partial charge in [0, 0.05) is 5.69 Å². The van der Waals surface area contributed by atoms with Crippen LogP contribution in [0.4, 0.5) is 5.69 Å². The Labute approximate surface area is 93.1 Å². The highest BCUT2D eigenvalue weighted by molar-refractivity contribution is 6.33. The molecular weight excluding hydrogens is 216 g/mol. The van der Waals surface area contributed by atoms with Crippen LogP contribution in [0.15, 0.2) is 12.1 Å². The Bertz CT molecular complexity index is 391. The average molecular weight is 229 g/mol. The van der Waals surface area contributed by atoms with Gasteiger partial charge in [0.15, 0.2) is 5.75 Å². The fourth-order valence-electron chi connectivity index (χ4n) is 1.15. The molecule has 0 atom stereocenters. The molecule has 1 rings (SSSR count). The zero-order valence-corrected chi connectivity index (χ0v) is 9.34. The van der Waals surface area contributed by atoms with Gasteiger partial charge in [0.05, 0.1) is 16.7 Å². The molecule has 0 aliphatic rings. The van der Waals surface area contributed by atoms with Gasteiger partial charge in [-0.15, -0.1) is 0 Å². The SMILES string of the molecule is CC(C)Oc1c(Cl)cc(N)cc1C(N)=O. The second-order valence-corrected chi connectivity index (χ2v) is 3.82. The molecule has 4 nitrogen and oxygen atoms in total. The molecule has 0 saturated heterocycles. The van der Waals surface area contributed by atoms with Crippen molar-refractivity contribution < 1.29 is 9.53 Å². The Kier molecular flexibility index (Phi) is 3.42. The molecular formula is C10H13ClN2O2. The lowest BCUT2D eigenvalue weighted by Crippen LogP contribution is -2.16. The van der Waals surface area contributed by atoms with Gasteiger partial charge in [-0.25, -0.2) is 0 Å². The molecule has 1 aromatic carbocycles. The largest absolute Gasteiger partial charge is 0.489 e. The molecule has 1 amide bonds. The van der Waals surface area contributed by atoms with Crippen LogP contribution in [0.5, 0.6) is 5.75 Å². The van der Waals surface area contributed by atoms with Gasteiger partial charge in [-0.2, -0.15) is 0 Å². The van der Waals surface area contributed by atoms with E-state index in [0.717, 1.165) is 0 Å². The van der Waals surface area contributed by atoms with Crippen molar-refractivity contribution in [2.75, 3.05) is 5.73 Å². The van der Waals surface area contributed by atoms with E-state index in [1.165, 1.54) is 12.1 Å². The number of ether oxygens (including phenoxy) is 1. The van der Waals surface area contributed by atoms with Crippen molar-refractivity contribution in [3.8, 4) is 5.75 Å². The minimum atomic E-state index is -0.611. The van der Waals surface area contributed by atoms with Crippen LogP contribution >= 0.6 is 11.6 Å². The first-order valence-electron chi connectivity index (χ1n) is 4.47. The maximum atomic E-state index is 11.1. The number of nitrogens with two attached hydrogens (primary N) is 2. The first-order valence-corrected chi connectivity index (χ1v) is 4.85. The first-order chi connectivity index (χ1) is 6.91. The summed E-state index contributed by atoms with van der Waals surface area (Å²) in [5.41, 5.74) is 11.3. The van der Waals surface area contributed by atoms with Gasteiger partial charge in [0.2, 0.25) is 0 Å². The van der Waals surface area contributed by atoms with E-state index in [-0.39, 0.29) is 22.4 Å². The van der Waals surface area contributed by atoms with E-state index in [4.69, 9.17) is 27.8 Å². The zero-order chi connectivity index (χ0) is 11.6. The number of carbonyl (C=O) groups excluding carboxylic acids is 1. The predicted octanol–water partition coefficient (Wildman–Crippen LogP) is 1.81. The van der Waals surface area contributed by atoms with Gasteiger partial charge in [-0.3, -0.25) is 4.79 Å². The number of primary amides is 1. The molecule has 0 heterocycles.